The number of para-hydroxylation sites is 1. The number of carbonyl (C=O) groups excluding carboxylic acids is 1. The maximum Gasteiger partial charge on any atom is 0.252 e. The molecule has 4 heteroatoms. The van der Waals surface area contributed by atoms with E-state index in [1.807, 2.05) is 30.3 Å². The van der Waals surface area contributed by atoms with E-state index in [1.54, 1.807) is 0 Å². The second kappa shape index (κ2) is 6.05. The van der Waals surface area contributed by atoms with Crippen LogP contribution in [0.4, 0.5) is 0 Å². The molecule has 1 fully saturated rings. The largest absolute Gasteiger partial charge is 0.348 e. The topological polar surface area (TPSA) is 68.0 Å². The summed E-state index contributed by atoms with van der Waals surface area (Å²) in [7, 11) is 0. The number of nitrogens with two attached hydrogens (primary N) is 1. The van der Waals surface area contributed by atoms with E-state index in [1.165, 1.54) is 0 Å². The van der Waals surface area contributed by atoms with E-state index >= 15 is 0 Å². The molecule has 3 rings (SSSR count). The fraction of sp³-hybridized carbons (Fsp3) is 0.444. The summed E-state index contributed by atoms with van der Waals surface area (Å²) in [5.74, 6) is 0.791. The third kappa shape index (κ3) is 2.97. The first-order valence-electron chi connectivity index (χ1n) is 8.00. The van der Waals surface area contributed by atoms with Crippen molar-refractivity contribution in [3.8, 4) is 0 Å². The number of pyridine rings is 1. The number of rotatable bonds is 5. The van der Waals surface area contributed by atoms with Crippen LogP contribution in [0.5, 0.6) is 0 Å². The van der Waals surface area contributed by atoms with Crippen LogP contribution >= 0.6 is 0 Å². The summed E-state index contributed by atoms with van der Waals surface area (Å²) in [5, 5.41) is 4.01. The minimum absolute atomic E-state index is 0.0390. The van der Waals surface area contributed by atoms with Crippen LogP contribution in [0.25, 0.3) is 10.9 Å². The van der Waals surface area contributed by atoms with E-state index < -0.39 is 0 Å². The van der Waals surface area contributed by atoms with Gasteiger partial charge in [-0.2, -0.15) is 0 Å². The molecule has 0 radical (unpaired) electrons. The van der Waals surface area contributed by atoms with Crippen LogP contribution in [-0.4, -0.2) is 23.5 Å². The molecule has 1 aromatic heterocycles. The Labute approximate surface area is 131 Å². The summed E-state index contributed by atoms with van der Waals surface area (Å²) < 4.78 is 0. The van der Waals surface area contributed by atoms with Crippen molar-refractivity contribution >= 4 is 16.8 Å². The molecule has 1 saturated carbocycles. The van der Waals surface area contributed by atoms with Crippen LogP contribution in [0.1, 0.15) is 48.7 Å². The molecule has 1 atom stereocenters. The average Bonchev–Trinajstić information content (AvgIpc) is 3.35. The van der Waals surface area contributed by atoms with Gasteiger partial charge >= 0.3 is 0 Å². The molecule has 3 N–H and O–H groups in total. The molecule has 0 aliphatic heterocycles. The lowest BCUT2D eigenvalue weighted by Crippen LogP contribution is -2.41. The van der Waals surface area contributed by atoms with Crippen molar-refractivity contribution in [3.05, 3.63) is 41.6 Å². The quantitative estimate of drug-likeness (QED) is 0.891. The van der Waals surface area contributed by atoms with E-state index in [4.69, 9.17) is 5.73 Å². The van der Waals surface area contributed by atoms with Crippen molar-refractivity contribution < 1.29 is 4.79 Å². The van der Waals surface area contributed by atoms with Crippen LogP contribution in [-0.2, 0) is 0 Å². The summed E-state index contributed by atoms with van der Waals surface area (Å²) >= 11 is 0. The predicted molar refractivity (Wildman–Crippen MR) is 88.9 cm³/mol. The van der Waals surface area contributed by atoms with Crippen molar-refractivity contribution in [2.24, 2.45) is 11.7 Å². The van der Waals surface area contributed by atoms with Crippen LogP contribution < -0.4 is 11.1 Å². The van der Waals surface area contributed by atoms with E-state index in [9.17, 15) is 4.79 Å². The lowest BCUT2D eigenvalue weighted by molar-refractivity contribution is 0.0935. The van der Waals surface area contributed by atoms with Gasteiger partial charge in [0.1, 0.15) is 0 Å². The molecule has 0 spiro atoms. The lowest BCUT2D eigenvalue weighted by Gasteiger charge is -2.17. The average molecular weight is 297 g/mol. The van der Waals surface area contributed by atoms with Crippen molar-refractivity contribution in [2.45, 2.75) is 38.6 Å². The molecule has 4 nitrogen and oxygen atoms in total. The molecule has 1 heterocycles. The monoisotopic (exact) mass is 297 g/mol. The molecule has 116 valence electrons. The summed E-state index contributed by atoms with van der Waals surface area (Å²) in [6.07, 6.45) is 2.33. The van der Waals surface area contributed by atoms with Gasteiger partial charge in [0, 0.05) is 23.7 Å². The third-order valence-corrected chi connectivity index (χ3v) is 4.33. The lowest BCUT2D eigenvalue weighted by atomic mass is 10.0. The number of carbonyl (C=O) groups is 1. The predicted octanol–water partition coefficient (Wildman–Crippen LogP) is 2.83. The van der Waals surface area contributed by atoms with Crippen LogP contribution in [0.15, 0.2) is 30.3 Å². The molecule has 1 aromatic carbocycles. The molecule has 1 aliphatic rings. The van der Waals surface area contributed by atoms with Crippen molar-refractivity contribution in [1.29, 1.82) is 0 Å². The molecule has 22 heavy (non-hydrogen) atoms. The van der Waals surface area contributed by atoms with Crippen LogP contribution in [0.3, 0.4) is 0 Å². The Morgan fingerprint density at radius 1 is 1.36 bits per heavy atom. The van der Waals surface area contributed by atoms with Crippen molar-refractivity contribution in [3.63, 3.8) is 0 Å². The summed E-state index contributed by atoms with van der Waals surface area (Å²) in [6, 6.07) is 9.81. The van der Waals surface area contributed by atoms with Gasteiger partial charge in [-0.3, -0.25) is 9.78 Å². The van der Waals surface area contributed by atoms with Crippen LogP contribution in [0.2, 0.25) is 0 Å². The van der Waals surface area contributed by atoms with Crippen molar-refractivity contribution in [1.82, 2.24) is 10.3 Å². The van der Waals surface area contributed by atoms with Gasteiger partial charge in [0.2, 0.25) is 0 Å². The van der Waals surface area contributed by atoms with Gasteiger partial charge < -0.3 is 11.1 Å². The van der Waals surface area contributed by atoms with Crippen LogP contribution in [0, 0.1) is 5.92 Å². The second-order valence-electron chi connectivity index (χ2n) is 6.42. The smallest absolute Gasteiger partial charge is 0.252 e. The maximum absolute atomic E-state index is 12.7. The summed E-state index contributed by atoms with van der Waals surface area (Å²) in [4.78, 5) is 17.4. The number of benzene rings is 1. The SMILES string of the molecule is CC(C)c1cc(C(=O)NC(CN)C2CC2)c2ccccc2n1. The highest BCUT2D eigenvalue weighted by atomic mass is 16.1. The number of hydrogen-bond acceptors (Lipinski definition) is 3. The fourth-order valence-electron chi connectivity index (χ4n) is 2.79. The minimum Gasteiger partial charge on any atom is -0.348 e. The Hall–Kier alpha value is -1.94. The molecular weight excluding hydrogens is 274 g/mol. The van der Waals surface area contributed by atoms with Crippen molar-refractivity contribution in [2.75, 3.05) is 6.54 Å². The second-order valence-corrected chi connectivity index (χ2v) is 6.42. The fourth-order valence-corrected chi connectivity index (χ4v) is 2.79. The minimum atomic E-state index is -0.0390. The molecule has 0 saturated heterocycles. The molecule has 1 amide bonds. The number of nitrogens with one attached hydrogen (secondary N) is 1. The number of nitrogens with zero attached hydrogens (tertiary/aromatic N) is 1. The zero-order chi connectivity index (χ0) is 15.7. The van der Waals surface area contributed by atoms with E-state index in [-0.39, 0.29) is 17.9 Å². The van der Waals surface area contributed by atoms with Gasteiger partial charge in [-0.1, -0.05) is 32.0 Å². The standard InChI is InChI=1S/C18H23N3O/c1-11(2)16-9-14(13-5-3-4-6-15(13)20-16)18(22)21-17(10-19)12-7-8-12/h3-6,9,11-12,17H,7-8,10,19H2,1-2H3,(H,21,22). The number of hydrogen-bond donors (Lipinski definition) is 2. The normalized spacial score (nSPS) is 16.0. The van der Waals surface area contributed by atoms with Gasteiger partial charge in [0.25, 0.3) is 5.91 Å². The Balaban J connectivity index is 1.98. The number of amides is 1. The van der Waals surface area contributed by atoms with Gasteiger partial charge in [-0.05, 0) is 36.8 Å². The highest BCUT2D eigenvalue weighted by Gasteiger charge is 2.31. The molecule has 0 bridgehead atoms. The number of aromatic nitrogens is 1. The Morgan fingerprint density at radius 2 is 2.09 bits per heavy atom. The van der Waals surface area contributed by atoms with E-state index in [2.05, 4.69) is 24.1 Å². The van der Waals surface area contributed by atoms with E-state index in [0.717, 1.165) is 29.4 Å². The summed E-state index contributed by atoms with van der Waals surface area (Å²) in [5.41, 5.74) is 8.32. The highest BCUT2D eigenvalue weighted by Crippen LogP contribution is 2.32. The zero-order valence-electron chi connectivity index (χ0n) is 13.2. The summed E-state index contributed by atoms with van der Waals surface area (Å²) in [6.45, 7) is 4.67. The molecule has 2 aromatic rings. The van der Waals surface area contributed by atoms with Gasteiger partial charge in [-0.15, -0.1) is 0 Å². The van der Waals surface area contributed by atoms with E-state index in [0.29, 0.717) is 18.0 Å². The Morgan fingerprint density at radius 3 is 2.73 bits per heavy atom. The maximum atomic E-state index is 12.7. The Kier molecular flexibility index (Phi) is 4.12. The first-order valence-corrected chi connectivity index (χ1v) is 8.00. The van der Waals surface area contributed by atoms with Gasteiger partial charge in [-0.25, -0.2) is 0 Å². The van der Waals surface area contributed by atoms with Gasteiger partial charge in [0.05, 0.1) is 11.1 Å². The Bertz CT molecular complexity index is 692. The van der Waals surface area contributed by atoms with Gasteiger partial charge in [0.15, 0.2) is 0 Å². The molecule has 1 aliphatic carbocycles. The third-order valence-electron chi connectivity index (χ3n) is 4.33. The highest BCUT2D eigenvalue weighted by molar-refractivity contribution is 6.06. The number of fused-ring (bicyclic) bond motifs is 1. The molecule has 1 unspecified atom stereocenters. The first-order chi connectivity index (χ1) is 10.6. The zero-order valence-corrected chi connectivity index (χ0v) is 13.2. The first kappa shape index (κ1) is 15.0. The molecular formula is C18H23N3O.